The van der Waals surface area contributed by atoms with Crippen molar-refractivity contribution in [3.05, 3.63) is 34.4 Å². The van der Waals surface area contributed by atoms with Gasteiger partial charge in [-0.3, -0.25) is 0 Å². The maximum Gasteiger partial charge on any atom is 0.142 e. The van der Waals surface area contributed by atoms with Crippen LogP contribution in [0, 0.1) is 11.6 Å². The smallest absolute Gasteiger partial charge is 0.142 e. The summed E-state index contributed by atoms with van der Waals surface area (Å²) in [6, 6.07) is 2.07. The highest BCUT2D eigenvalue weighted by molar-refractivity contribution is 6.31. The monoisotopic (exact) mass is 232 g/mol. The minimum Gasteiger partial charge on any atom is -0.395 e. The Labute approximate surface area is 91.7 Å². The fourth-order valence-electron chi connectivity index (χ4n) is 2.10. The molecular weight excluding hydrogens is 222 g/mol. The number of rotatable bonds is 2. The van der Waals surface area contributed by atoms with Crippen molar-refractivity contribution < 1.29 is 13.9 Å². The average molecular weight is 233 g/mol. The van der Waals surface area contributed by atoms with E-state index in [1.54, 1.807) is 0 Å². The molecule has 0 bridgehead atoms. The SMILES string of the molecule is OCC1(c2c(F)ccc(F)c2Cl)CCC1. The molecule has 1 nitrogen and oxygen atoms in total. The first kappa shape index (κ1) is 10.8. The molecule has 1 N–H and O–H groups in total. The molecule has 0 radical (unpaired) electrons. The zero-order valence-corrected chi connectivity index (χ0v) is 8.82. The maximum absolute atomic E-state index is 13.6. The standard InChI is InChI=1S/C11H11ClF2O/c12-10-8(14)3-2-7(13)9(10)11(6-15)4-1-5-11/h2-3,15H,1,4-6H2. The van der Waals surface area contributed by atoms with Crippen molar-refractivity contribution in [3.8, 4) is 0 Å². The molecule has 1 fully saturated rings. The zero-order chi connectivity index (χ0) is 11.1. The van der Waals surface area contributed by atoms with Gasteiger partial charge in [0.25, 0.3) is 0 Å². The summed E-state index contributed by atoms with van der Waals surface area (Å²) >= 11 is 5.75. The second-order valence-electron chi connectivity index (χ2n) is 4.01. The number of aliphatic hydroxyl groups excluding tert-OH is 1. The van der Waals surface area contributed by atoms with Crippen LogP contribution in [-0.4, -0.2) is 11.7 Å². The van der Waals surface area contributed by atoms with Crippen molar-refractivity contribution in [2.75, 3.05) is 6.61 Å². The second kappa shape index (κ2) is 3.72. The first-order valence-corrected chi connectivity index (χ1v) is 5.23. The van der Waals surface area contributed by atoms with Crippen LogP contribution in [0.4, 0.5) is 8.78 Å². The van der Waals surface area contributed by atoms with Crippen LogP contribution >= 0.6 is 11.6 Å². The van der Waals surface area contributed by atoms with Gasteiger partial charge < -0.3 is 5.11 Å². The van der Waals surface area contributed by atoms with Crippen LogP contribution in [0.15, 0.2) is 12.1 Å². The Morgan fingerprint density at radius 3 is 2.33 bits per heavy atom. The molecule has 0 aliphatic heterocycles. The summed E-state index contributed by atoms with van der Waals surface area (Å²) in [7, 11) is 0. The molecule has 0 heterocycles. The fourth-order valence-corrected chi connectivity index (χ4v) is 2.46. The molecule has 4 heteroatoms. The summed E-state index contributed by atoms with van der Waals surface area (Å²) in [5.41, 5.74) is -0.526. The predicted molar refractivity (Wildman–Crippen MR) is 54.0 cm³/mol. The van der Waals surface area contributed by atoms with E-state index >= 15 is 0 Å². The highest BCUT2D eigenvalue weighted by atomic mass is 35.5. The van der Waals surface area contributed by atoms with E-state index in [1.165, 1.54) is 0 Å². The van der Waals surface area contributed by atoms with Gasteiger partial charge in [-0.05, 0) is 25.0 Å². The molecule has 0 aromatic heterocycles. The van der Waals surface area contributed by atoms with Crippen LogP contribution in [0.3, 0.4) is 0 Å². The third kappa shape index (κ3) is 1.54. The minimum atomic E-state index is -0.663. The molecule has 1 aliphatic rings. The molecule has 1 aromatic carbocycles. The van der Waals surface area contributed by atoms with Gasteiger partial charge in [-0.2, -0.15) is 0 Å². The van der Waals surface area contributed by atoms with E-state index < -0.39 is 17.0 Å². The Morgan fingerprint density at radius 1 is 1.27 bits per heavy atom. The zero-order valence-electron chi connectivity index (χ0n) is 8.06. The molecule has 1 aliphatic carbocycles. The lowest BCUT2D eigenvalue weighted by molar-refractivity contribution is 0.116. The van der Waals surface area contributed by atoms with Gasteiger partial charge in [-0.1, -0.05) is 18.0 Å². The summed E-state index contributed by atoms with van der Waals surface area (Å²) in [6.07, 6.45) is 2.22. The van der Waals surface area contributed by atoms with Gasteiger partial charge >= 0.3 is 0 Å². The first-order valence-electron chi connectivity index (χ1n) is 4.85. The molecule has 82 valence electrons. The van der Waals surface area contributed by atoms with Crippen LogP contribution < -0.4 is 0 Å². The Hall–Kier alpha value is -0.670. The topological polar surface area (TPSA) is 20.2 Å². The Morgan fingerprint density at radius 2 is 1.87 bits per heavy atom. The summed E-state index contributed by atoms with van der Waals surface area (Å²) in [5.74, 6) is -1.16. The molecular formula is C11H11ClF2O. The van der Waals surface area contributed by atoms with Gasteiger partial charge in [0.1, 0.15) is 11.6 Å². The lowest BCUT2D eigenvalue weighted by Gasteiger charge is -2.41. The van der Waals surface area contributed by atoms with Crippen molar-refractivity contribution in [2.45, 2.75) is 24.7 Å². The van der Waals surface area contributed by atoms with Crippen molar-refractivity contribution >= 4 is 11.6 Å². The van der Waals surface area contributed by atoms with Crippen molar-refractivity contribution in [1.82, 2.24) is 0 Å². The Balaban J connectivity index is 2.55. The van der Waals surface area contributed by atoms with E-state index in [0.717, 1.165) is 18.6 Å². The Bertz CT molecular complexity index is 383. The highest BCUT2D eigenvalue weighted by Gasteiger charge is 2.42. The molecule has 1 saturated carbocycles. The average Bonchev–Trinajstić information content (AvgIpc) is 2.16. The lowest BCUT2D eigenvalue weighted by atomic mass is 9.65. The van der Waals surface area contributed by atoms with E-state index in [2.05, 4.69) is 0 Å². The van der Waals surface area contributed by atoms with Crippen LogP contribution in [0.2, 0.25) is 5.02 Å². The molecule has 0 unspecified atom stereocenters. The normalized spacial score (nSPS) is 18.7. The molecule has 0 amide bonds. The number of halogens is 3. The molecule has 0 atom stereocenters. The highest BCUT2D eigenvalue weighted by Crippen LogP contribution is 2.47. The first-order chi connectivity index (χ1) is 7.10. The van der Waals surface area contributed by atoms with Crippen molar-refractivity contribution in [2.24, 2.45) is 0 Å². The molecule has 0 spiro atoms. The van der Waals surface area contributed by atoms with Crippen LogP contribution in [-0.2, 0) is 5.41 Å². The lowest BCUT2D eigenvalue weighted by Crippen LogP contribution is -2.39. The van der Waals surface area contributed by atoms with Gasteiger partial charge in [0.05, 0.1) is 11.6 Å². The number of aliphatic hydroxyl groups is 1. The number of hydrogen-bond donors (Lipinski definition) is 1. The molecule has 1 aromatic rings. The van der Waals surface area contributed by atoms with Gasteiger partial charge in [0.2, 0.25) is 0 Å². The fraction of sp³-hybridized carbons (Fsp3) is 0.455. The summed E-state index contributed by atoms with van der Waals surface area (Å²) < 4.78 is 26.8. The van der Waals surface area contributed by atoms with E-state index in [9.17, 15) is 13.9 Å². The maximum atomic E-state index is 13.6. The number of hydrogen-bond acceptors (Lipinski definition) is 1. The van der Waals surface area contributed by atoms with Gasteiger partial charge in [-0.25, -0.2) is 8.78 Å². The van der Waals surface area contributed by atoms with Crippen molar-refractivity contribution in [1.29, 1.82) is 0 Å². The van der Waals surface area contributed by atoms with Gasteiger partial charge in [0.15, 0.2) is 0 Å². The molecule has 0 saturated heterocycles. The van der Waals surface area contributed by atoms with Crippen molar-refractivity contribution in [3.63, 3.8) is 0 Å². The molecule has 15 heavy (non-hydrogen) atoms. The van der Waals surface area contributed by atoms with E-state index in [4.69, 9.17) is 11.6 Å². The third-order valence-electron chi connectivity index (χ3n) is 3.19. The van der Waals surface area contributed by atoms with Crippen LogP contribution in [0.25, 0.3) is 0 Å². The van der Waals surface area contributed by atoms with Gasteiger partial charge in [-0.15, -0.1) is 0 Å². The minimum absolute atomic E-state index is 0.137. The largest absolute Gasteiger partial charge is 0.395 e. The Kier molecular flexibility index (Phi) is 2.69. The second-order valence-corrected chi connectivity index (χ2v) is 4.39. The summed E-state index contributed by atoms with van der Waals surface area (Å²) in [6.45, 7) is -0.187. The van der Waals surface area contributed by atoms with Crippen LogP contribution in [0.1, 0.15) is 24.8 Å². The number of benzene rings is 1. The van der Waals surface area contributed by atoms with E-state index in [1.807, 2.05) is 0 Å². The quantitative estimate of drug-likeness (QED) is 0.778. The predicted octanol–water partition coefficient (Wildman–Crippen LogP) is 3.03. The third-order valence-corrected chi connectivity index (χ3v) is 3.56. The summed E-state index contributed by atoms with van der Waals surface area (Å²) in [5, 5.41) is 9.09. The summed E-state index contributed by atoms with van der Waals surface area (Å²) in [4.78, 5) is 0. The van der Waals surface area contributed by atoms with Gasteiger partial charge in [0, 0.05) is 11.0 Å². The van der Waals surface area contributed by atoms with E-state index in [0.29, 0.717) is 12.8 Å². The molecule has 2 rings (SSSR count). The van der Waals surface area contributed by atoms with Crippen LogP contribution in [0.5, 0.6) is 0 Å². The van der Waals surface area contributed by atoms with E-state index in [-0.39, 0.29) is 17.2 Å².